The first-order valence-electron chi connectivity index (χ1n) is 6.19. The van der Waals surface area contributed by atoms with Crippen LogP contribution in [-0.2, 0) is 0 Å². The van der Waals surface area contributed by atoms with E-state index in [1.165, 1.54) is 32.1 Å². The summed E-state index contributed by atoms with van der Waals surface area (Å²) in [6.07, 6.45) is 9.57. The van der Waals surface area contributed by atoms with Gasteiger partial charge in [0.25, 0.3) is 0 Å². The molecule has 3 N–H and O–H groups in total. The van der Waals surface area contributed by atoms with Gasteiger partial charge < -0.3 is 0 Å². The Morgan fingerprint density at radius 1 is 1.47 bits per heavy atom. The van der Waals surface area contributed by atoms with Gasteiger partial charge in [0.1, 0.15) is 0 Å². The largest absolute Gasteiger partial charge is 0.271 e. The molecule has 1 saturated carbocycles. The van der Waals surface area contributed by atoms with Crippen LogP contribution in [0.3, 0.4) is 0 Å². The van der Waals surface area contributed by atoms with Gasteiger partial charge in [0.05, 0.1) is 0 Å². The van der Waals surface area contributed by atoms with Crippen LogP contribution in [0.4, 0.5) is 0 Å². The summed E-state index contributed by atoms with van der Waals surface area (Å²) in [6.45, 7) is 8.40. The minimum Gasteiger partial charge on any atom is -0.271 e. The quantitative estimate of drug-likeness (QED) is 0.280. The average molecular weight is 210 g/mol. The van der Waals surface area contributed by atoms with E-state index in [9.17, 15) is 0 Å². The zero-order valence-corrected chi connectivity index (χ0v) is 10.3. The SMILES string of the molecule is C=CCCCCCC(NN)C1CC1(C)C. The lowest BCUT2D eigenvalue weighted by Gasteiger charge is -2.17. The van der Waals surface area contributed by atoms with E-state index >= 15 is 0 Å². The normalized spacial score (nSPS) is 24.9. The maximum absolute atomic E-state index is 5.61. The topological polar surface area (TPSA) is 38.0 Å². The molecule has 0 spiro atoms. The summed E-state index contributed by atoms with van der Waals surface area (Å²) in [6, 6.07) is 0.531. The molecule has 88 valence electrons. The summed E-state index contributed by atoms with van der Waals surface area (Å²) in [5.41, 5.74) is 3.52. The molecule has 0 aromatic heterocycles. The van der Waals surface area contributed by atoms with E-state index in [0.717, 1.165) is 12.3 Å². The summed E-state index contributed by atoms with van der Waals surface area (Å²) in [4.78, 5) is 0. The highest BCUT2D eigenvalue weighted by molar-refractivity contribution is 5.01. The maximum atomic E-state index is 5.61. The smallest absolute Gasteiger partial charge is 0.0244 e. The van der Waals surface area contributed by atoms with Gasteiger partial charge in [-0.2, -0.15) is 0 Å². The van der Waals surface area contributed by atoms with E-state index in [4.69, 9.17) is 5.84 Å². The van der Waals surface area contributed by atoms with Crippen LogP contribution in [0.1, 0.15) is 52.4 Å². The van der Waals surface area contributed by atoms with Crippen LogP contribution in [0.25, 0.3) is 0 Å². The van der Waals surface area contributed by atoms with Crippen molar-refractivity contribution in [3.8, 4) is 0 Å². The lowest BCUT2D eigenvalue weighted by Crippen LogP contribution is -2.37. The first-order chi connectivity index (χ1) is 7.11. The molecule has 0 saturated heterocycles. The molecule has 1 aliphatic rings. The minimum absolute atomic E-state index is 0.526. The Hall–Kier alpha value is -0.340. The third kappa shape index (κ3) is 3.96. The number of hydrogen-bond donors (Lipinski definition) is 2. The van der Waals surface area contributed by atoms with E-state index in [-0.39, 0.29) is 0 Å². The number of rotatable bonds is 8. The fourth-order valence-corrected chi connectivity index (χ4v) is 2.43. The molecule has 2 heteroatoms. The molecule has 0 aromatic carbocycles. The third-order valence-electron chi connectivity index (χ3n) is 3.71. The van der Waals surface area contributed by atoms with Crippen LogP contribution < -0.4 is 11.3 Å². The van der Waals surface area contributed by atoms with Crippen molar-refractivity contribution in [1.29, 1.82) is 0 Å². The Morgan fingerprint density at radius 2 is 2.13 bits per heavy atom. The first-order valence-corrected chi connectivity index (χ1v) is 6.19. The van der Waals surface area contributed by atoms with Crippen molar-refractivity contribution in [2.45, 2.75) is 58.4 Å². The molecule has 1 rings (SSSR count). The molecule has 15 heavy (non-hydrogen) atoms. The molecule has 0 amide bonds. The Labute approximate surface area is 94.3 Å². The fourth-order valence-electron chi connectivity index (χ4n) is 2.43. The van der Waals surface area contributed by atoms with E-state index < -0.39 is 0 Å². The zero-order chi connectivity index (χ0) is 11.3. The summed E-state index contributed by atoms with van der Waals surface area (Å²) < 4.78 is 0. The summed E-state index contributed by atoms with van der Waals surface area (Å²) >= 11 is 0. The molecular weight excluding hydrogens is 184 g/mol. The van der Waals surface area contributed by atoms with E-state index in [0.29, 0.717) is 11.5 Å². The van der Waals surface area contributed by atoms with Gasteiger partial charge in [0.15, 0.2) is 0 Å². The van der Waals surface area contributed by atoms with Gasteiger partial charge >= 0.3 is 0 Å². The zero-order valence-electron chi connectivity index (χ0n) is 10.3. The molecule has 2 atom stereocenters. The molecule has 2 nitrogen and oxygen atoms in total. The molecular formula is C13H26N2. The van der Waals surface area contributed by atoms with Crippen LogP contribution >= 0.6 is 0 Å². The van der Waals surface area contributed by atoms with Gasteiger partial charge in [-0.15, -0.1) is 6.58 Å². The second kappa shape index (κ2) is 5.66. The molecule has 0 aromatic rings. The van der Waals surface area contributed by atoms with E-state index in [2.05, 4.69) is 25.9 Å². The van der Waals surface area contributed by atoms with Gasteiger partial charge in [0, 0.05) is 6.04 Å². The lowest BCUT2D eigenvalue weighted by atomic mass is 9.99. The van der Waals surface area contributed by atoms with Crippen molar-refractivity contribution in [2.75, 3.05) is 0 Å². The van der Waals surface area contributed by atoms with Crippen LogP contribution in [0, 0.1) is 11.3 Å². The lowest BCUT2D eigenvalue weighted by molar-refractivity contribution is 0.378. The van der Waals surface area contributed by atoms with E-state index in [1.807, 2.05) is 6.08 Å². The minimum atomic E-state index is 0.526. The van der Waals surface area contributed by atoms with Gasteiger partial charge in [-0.25, -0.2) is 0 Å². The second-order valence-electron chi connectivity index (χ2n) is 5.50. The number of unbranched alkanes of at least 4 members (excludes halogenated alkanes) is 3. The number of hydrazine groups is 1. The number of allylic oxidation sites excluding steroid dienone is 1. The number of nitrogens with one attached hydrogen (secondary N) is 1. The summed E-state index contributed by atoms with van der Waals surface area (Å²) in [5.74, 6) is 6.40. The Bertz CT molecular complexity index is 199. The Morgan fingerprint density at radius 3 is 2.60 bits per heavy atom. The Balaban J connectivity index is 2.10. The van der Waals surface area contributed by atoms with Crippen molar-refractivity contribution < 1.29 is 0 Å². The van der Waals surface area contributed by atoms with Gasteiger partial charge in [0.2, 0.25) is 0 Å². The average Bonchev–Trinajstić information content (AvgIpc) is 2.81. The van der Waals surface area contributed by atoms with Crippen LogP contribution in [-0.4, -0.2) is 6.04 Å². The van der Waals surface area contributed by atoms with Crippen LogP contribution in [0.15, 0.2) is 12.7 Å². The predicted octanol–water partition coefficient (Wildman–Crippen LogP) is 3.00. The first kappa shape index (κ1) is 12.7. The highest BCUT2D eigenvalue weighted by Crippen LogP contribution is 2.54. The molecule has 1 fully saturated rings. The third-order valence-corrected chi connectivity index (χ3v) is 3.71. The summed E-state index contributed by atoms with van der Waals surface area (Å²) in [5, 5.41) is 0. The Kier molecular flexibility index (Phi) is 4.81. The number of nitrogens with two attached hydrogens (primary N) is 1. The molecule has 1 aliphatic carbocycles. The maximum Gasteiger partial charge on any atom is 0.0244 e. The van der Waals surface area contributed by atoms with Crippen LogP contribution in [0.2, 0.25) is 0 Å². The second-order valence-corrected chi connectivity index (χ2v) is 5.50. The fraction of sp³-hybridized carbons (Fsp3) is 0.846. The highest BCUT2D eigenvalue weighted by atomic mass is 15.2. The molecule has 0 heterocycles. The van der Waals surface area contributed by atoms with Crippen molar-refractivity contribution in [2.24, 2.45) is 17.2 Å². The van der Waals surface area contributed by atoms with Gasteiger partial charge in [-0.3, -0.25) is 11.3 Å². The number of hydrogen-bond acceptors (Lipinski definition) is 2. The highest BCUT2D eigenvalue weighted by Gasteiger charge is 2.49. The van der Waals surface area contributed by atoms with Crippen LogP contribution in [0.5, 0.6) is 0 Å². The molecule has 0 radical (unpaired) electrons. The van der Waals surface area contributed by atoms with Crippen molar-refractivity contribution in [3.63, 3.8) is 0 Å². The van der Waals surface area contributed by atoms with E-state index in [1.54, 1.807) is 0 Å². The predicted molar refractivity (Wildman–Crippen MR) is 66.3 cm³/mol. The van der Waals surface area contributed by atoms with Gasteiger partial charge in [-0.1, -0.05) is 32.8 Å². The standard InChI is InChI=1S/C13H26N2/c1-4-5-6-7-8-9-12(15-14)11-10-13(11,2)3/h4,11-12,15H,1,5-10,14H2,2-3H3. The van der Waals surface area contributed by atoms with Crippen molar-refractivity contribution in [1.82, 2.24) is 5.43 Å². The summed E-state index contributed by atoms with van der Waals surface area (Å²) in [7, 11) is 0. The molecule has 0 aliphatic heterocycles. The monoisotopic (exact) mass is 210 g/mol. The van der Waals surface area contributed by atoms with Gasteiger partial charge in [-0.05, 0) is 37.0 Å². The van der Waals surface area contributed by atoms with Crippen molar-refractivity contribution >= 4 is 0 Å². The van der Waals surface area contributed by atoms with Crippen molar-refractivity contribution in [3.05, 3.63) is 12.7 Å². The molecule has 2 unspecified atom stereocenters. The molecule has 0 bridgehead atoms.